The number of fused-ring (bicyclic) bond motifs is 3. The summed E-state index contributed by atoms with van der Waals surface area (Å²) in [7, 11) is 0. The van der Waals surface area contributed by atoms with Gasteiger partial charge in [-0.25, -0.2) is 0 Å². The van der Waals surface area contributed by atoms with Gasteiger partial charge in [0.25, 0.3) is 0 Å². The summed E-state index contributed by atoms with van der Waals surface area (Å²) in [6, 6.07) is 55.0. The van der Waals surface area contributed by atoms with Crippen LogP contribution in [0.3, 0.4) is 0 Å². The first-order valence-corrected chi connectivity index (χ1v) is 18.9. The van der Waals surface area contributed by atoms with Crippen LogP contribution >= 0.6 is 0 Å². The first-order valence-electron chi connectivity index (χ1n) is 18.9. The van der Waals surface area contributed by atoms with E-state index in [1.165, 1.54) is 77.2 Å². The van der Waals surface area contributed by atoms with Gasteiger partial charge in [0.2, 0.25) is 0 Å². The fourth-order valence-corrected chi connectivity index (χ4v) is 7.55. The molecule has 0 bridgehead atoms. The van der Waals surface area contributed by atoms with Crippen LogP contribution in [0.4, 0.5) is 0 Å². The summed E-state index contributed by atoms with van der Waals surface area (Å²) in [5.74, 6) is 0. The zero-order chi connectivity index (χ0) is 37.0. The first-order chi connectivity index (χ1) is 25.5. The summed E-state index contributed by atoms with van der Waals surface area (Å²) in [4.78, 5) is 0. The molecule has 0 spiro atoms. The Hall–Kier alpha value is -4.13. The van der Waals surface area contributed by atoms with Crippen molar-refractivity contribution >= 4 is 21.5 Å². The summed E-state index contributed by atoms with van der Waals surface area (Å²) in [5, 5.41) is 5.36. The van der Waals surface area contributed by atoms with Crippen LogP contribution in [-0.2, 0) is 49.9 Å². The fraction of sp³-hybridized carbons (Fsp3) is 0.189. The second kappa shape index (κ2) is 19.3. The molecule has 0 saturated carbocycles. The molecule has 8 rings (SSSR count). The van der Waals surface area contributed by atoms with E-state index in [1.54, 1.807) is 0 Å². The standard InChI is InChI=1S/C33H33.C20H17.2ClH.Zr/c1-32(2,3)30-20-26-24(18-28(30)22-13-9-7-10-14-22)17-25-19-29(23-15-11-8-12-16-23)31(21-27(25)26)33(4,5)6;1-3-9-17(10-4-1)15-20(19-13-7-8-14-19)16-18-11-5-2-6-12-18;;;/h7-21H,1-6H3;1-13H,15-16H2;2*1H;/q2*-1;;;+4/p-2. The van der Waals surface area contributed by atoms with Crippen molar-refractivity contribution in [3.63, 3.8) is 0 Å². The summed E-state index contributed by atoms with van der Waals surface area (Å²) in [6.07, 6.45) is 11.5. The average molecular weight is 849 g/mol. The molecule has 7 aromatic carbocycles. The predicted octanol–water partition coefficient (Wildman–Crippen LogP) is 8.34. The third-order valence-corrected chi connectivity index (χ3v) is 10.3. The van der Waals surface area contributed by atoms with Crippen molar-refractivity contribution in [2.75, 3.05) is 0 Å². The van der Waals surface area contributed by atoms with Crippen molar-refractivity contribution in [1.82, 2.24) is 0 Å². The van der Waals surface area contributed by atoms with Gasteiger partial charge in [0.1, 0.15) is 0 Å². The Morgan fingerprint density at radius 3 is 1.23 bits per heavy atom. The molecule has 0 fully saturated rings. The molecular weight excluding hydrogens is 799 g/mol. The largest absolute Gasteiger partial charge is 4.00 e. The monoisotopic (exact) mass is 846 g/mol. The third-order valence-electron chi connectivity index (χ3n) is 10.3. The Balaban J connectivity index is 0.000000262. The van der Waals surface area contributed by atoms with Gasteiger partial charge in [-0.15, -0.1) is 51.4 Å². The molecule has 1 aliphatic carbocycles. The summed E-state index contributed by atoms with van der Waals surface area (Å²) in [5.41, 5.74) is 13.5. The van der Waals surface area contributed by atoms with E-state index in [1.807, 2.05) is 6.08 Å². The van der Waals surface area contributed by atoms with E-state index < -0.39 is 0 Å². The van der Waals surface area contributed by atoms with Crippen LogP contribution < -0.4 is 24.8 Å². The van der Waals surface area contributed by atoms with Gasteiger partial charge in [0.05, 0.1) is 0 Å². The maximum absolute atomic E-state index is 3.34. The molecule has 0 aromatic heterocycles. The minimum absolute atomic E-state index is 0. The molecule has 0 radical (unpaired) electrons. The molecule has 56 heavy (non-hydrogen) atoms. The van der Waals surface area contributed by atoms with Crippen LogP contribution in [-0.4, -0.2) is 0 Å². The maximum Gasteiger partial charge on any atom is 4.00 e. The minimum Gasteiger partial charge on any atom is -1.00 e. The Kier molecular flexibility index (Phi) is 15.4. The quantitative estimate of drug-likeness (QED) is 0.148. The molecule has 0 heterocycles. The molecule has 0 unspecified atom stereocenters. The molecule has 0 nitrogen and oxygen atoms in total. The van der Waals surface area contributed by atoms with Crippen LogP contribution in [0.25, 0.3) is 43.8 Å². The van der Waals surface area contributed by atoms with Crippen molar-refractivity contribution in [3.05, 3.63) is 209 Å². The van der Waals surface area contributed by atoms with Crippen LogP contribution in [0.5, 0.6) is 0 Å². The Morgan fingerprint density at radius 1 is 0.518 bits per heavy atom. The average Bonchev–Trinajstić information content (AvgIpc) is 3.83. The van der Waals surface area contributed by atoms with E-state index in [2.05, 4.69) is 211 Å². The van der Waals surface area contributed by atoms with Crippen molar-refractivity contribution < 1.29 is 51.0 Å². The Bertz CT molecular complexity index is 2250. The van der Waals surface area contributed by atoms with Crippen LogP contribution in [0.1, 0.15) is 63.8 Å². The van der Waals surface area contributed by atoms with Gasteiger partial charge in [-0.1, -0.05) is 186 Å². The van der Waals surface area contributed by atoms with Crippen LogP contribution in [0.15, 0.2) is 181 Å². The Labute approximate surface area is 366 Å². The second-order valence-electron chi connectivity index (χ2n) is 16.4. The van der Waals surface area contributed by atoms with Crippen molar-refractivity contribution in [3.8, 4) is 22.3 Å². The number of halogens is 2. The summed E-state index contributed by atoms with van der Waals surface area (Å²) < 4.78 is 0. The molecule has 7 aromatic rings. The smallest absolute Gasteiger partial charge is 1.00 e. The SMILES string of the molecule is CC(C)(C)c1cc2c(cc1-c1ccccc1)[cH-]c1cc(-c3ccccc3)c(C(C)(C)C)cc12.[C-]1=CC=CC1=C(Cc1ccccc1)Cc1ccccc1.[Cl-].[Cl-].[Zr+4]. The zero-order valence-electron chi connectivity index (χ0n) is 33.3. The van der Waals surface area contributed by atoms with Gasteiger partial charge in [-0.3, -0.25) is 0 Å². The van der Waals surface area contributed by atoms with Crippen molar-refractivity contribution in [1.29, 1.82) is 0 Å². The molecule has 0 N–H and O–H groups in total. The Morgan fingerprint density at radius 2 is 0.893 bits per heavy atom. The number of hydrogen-bond donors (Lipinski definition) is 0. The molecule has 280 valence electrons. The summed E-state index contributed by atoms with van der Waals surface area (Å²) in [6.45, 7) is 13.9. The van der Waals surface area contributed by atoms with E-state index in [-0.39, 0.29) is 61.8 Å². The summed E-state index contributed by atoms with van der Waals surface area (Å²) >= 11 is 0. The van der Waals surface area contributed by atoms with Crippen molar-refractivity contribution in [2.24, 2.45) is 0 Å². The third kappa shape index (κ3) is 10.4. The van der Waals surface area contributed by atoms with E-state index >= 15 is 0 Å². The topological polar surface area (TPSA) is 0 Å². The molecule has 1 aliphatic rings. The molecule has 0 aliphatic heterocycles. The van der Waals surface area contributed by atoms with E-state index in [4.69, 9.17) is 0 Å². The number of allylic oxidation sites excluding steroid dienone is 6. The van der Waals surface area contributed by atoms with Gasteiger partial charge in [0.15, 0.2) is 0 Å². The van der Waals surface area contributed by atoms with Crippen LogP contribution in [0.2, 0.25) is 0 Å². The van der Waals surface area contributed by atoms with Gasteiger partial charge in [-0.05, 0) is 57.1 Å². The normalized spacial score (nSPS) is 12.0. The fourth-order valence-electron chi connectivity index (χ4n) is 7.55. The van der Waals surface area contributed by atoms with E-state index in [9.17, 15) is 0 Å². The molecule has 0 atom stereocenters. The molecule has 3 heteroatoms. The van der Waals surface area contributed by atoms with Crippen LogP contribution in [0, 0.1) is 6.08 Å². The molecule has 0 amide bonds. The van der Waals surface area contributed by atoms with Gasteiger partial charge in [0, 0.05) is 0 Å². The number of rotatable bonds is 6. The van der Waals surface area contributed by atoms with Gasteiger partial charge < -0.3 is 24.8 Å². The maximum atomic E-state index is 3.34. The zero-order valence-corrected chi connectivity index (χ0v) is 37.3. The van der Waals surface area contributed by atoms with Gasteiger partial charge in [-0.2, -0.15) is 23.8 Å². The first kappa shape index (κ1) is 44.6. The molecular formula is C53H50Cl2Zr. The van der Waals surface area contributed by atoms with E-state index in [0.717, 1.165) is 12.8 Å². The minimum atomic E-state index is 0. The molecule has 0 saturated heterocycles. The van der Waals surface area contributed by atoms with Gasteiger partial charge >= 0.3 is 26.2 Å². The number of hydrogen-bond acceptors (Lipinski definition) is 0. The van der Waals surface area contributed by atoms with Crippen molar-refractivity contribution in [2.45, 2.75) is 65.2 Å². The number of benzene rings is 6. The second-order valence-corrected chi connectivity index (χ2v) is 16.4. The predicted molar refractivity (Wildman–Crippen MR) is 230 cm³/mol. The van der Waals surface area contributed by atoms with E-state index in [0.29, 0.717) is 0 Å².